The van der Waals surface area contributed by atoms with E-state index in [1.54, 1.807) is 18.3 Å². The van der Waals surface area contributed by atoms with Gasteiger partial charge in [0.05, 0.1) is 0 Å². The van der Waals surface area contributed by atoms with E-state index in [1.165, 1.54) is 0 Å². The number of aliphatic hydroxyl groups is 1. The van der Waals surface area contributed by atoms with Crippen molar-refractivity contribution in [3.8, 4) is 0 Å². The van der Waals surface area contributed by atoms with Crippen LogP contribution < -0.4 is 5.32 Å². The van der Waals surface area contributed by atoms with Crippen LogP contribution in [0.25, 0.3) is 0 Å². The number of aliphatic carboxylic acids is 1. The summed E-state index contributed by atoms with van der Waals surface area (Å²) in [5.41, 5.74) is 0.670. The number of carbonyl (C=O) groups excluding carboxylic acids is 1. The lowest BCUT2D eigenvalue weighted by atomic mass is 10.0. The molecule has 21 heavy (non-hydrogen) atoms. The number of nitrogens with one attached hydrogen (secondary N) is 1. The van der Waals surface area contributed by atoms with Crippen molar-refractivity contribution in [2.75, 3.05) is 0 Å². The van der Waals surface area contributed by atoms with E-state index in [0.717, 1.165) is 0 Å². The number of aliphatic hydroxyl groups excluding tert-OH is 1. The molecular formula is C14H19BrN2O4. The zero-order valence-electron chi connectivity index (χ0n) is 11.9. The average Bonchev–Trinajstić information content (AvgIpc) is 2.39. The Balaban J connectivity index is 2.73. The lowest BCUT2D eigenvalue weighted by molar-refractivity contribution is -0.143. The van der Waals surface area contributed by atoms with E-state index in [1.807, 2.05) is 13.8 Å². The van der Waals surface area contributed by atoms with Crippen LogP contribution in [0.2, 0.25) is 0 Å². The molecule has 0 aliphatic heterocycles. The summed E-state index contributed by atoms with van der Waals surface area (Å²) in [4.78, 5) is 27.1. The third-order valence-electron chi connectivity index (χ3n) is 2.87. The van der Waals surface area contributed by atoms with Gasteiger partial charge in [0.15, 0.2) is 0 Å². The molecule has 1 rings (SSSR count). The number of halogens is 1. The Labute approximate surface area is 131 Å². The van der Waals surface area contributed by atoms with Gasteiger partial charge in [0.2, 0.25) is 5.91 Å². The molecule has 1 aromatic rings. The number of pyridine rings is 1. The fourth-order valence-electron chi connectivity index (χ4n) is 1.81. The maximum Gasteiger partial charge on any atom is 0.326 e. The molecule has 0 saturated heterocycles. The number of amides is 1. The first-order valence-corrected chi connectivity index (χ1v) is 7.41. The smallest absolute Gasteiger partial charge is 0.326 e. The van der Waals surface area contributed by atoms with Crippen LogP contribution in [0.4, 0.5) is 0 Å². The Bertz CT molecular complexity index is 508. The molecule has 0 spiro atoms. The molecule has 0 aromatic carbocycles. The van der Waals surface area contributed by atoms with Crippen LogP contribution >= 0.6 is 15.9 Å². The highest BCUT2D eigenvalue weighted by molar-refractivity contribution is 9.10. The van der Waals surface area contributed by atoms with Crippen molar-refractivity contribution in [3.05, 3.63) is 28.5 Å². The molecule has 1 heterocycles. The normalized spacial score (nSPS) is 13.8. The van der Waals surface area contributed by atoms with Crippen molar-refractivity contribution in [2.24, 2.45) is 5.92 Å². The molecule has 0 radical (unpaired) electrons. The summed E-state index contributed by atoms with van der Waals surface area (Å²) >= 11 is 3.24. The number of carboxylic acid groups (broad SMARTS) is 1. The minimum absolute atomic E-state index is 0.0872. The van der Waals surface area contributed by atoms with Crippen LogP contribution in [0.1, 0.15) is 25.8 Å². The van der Waals surface area contributed by atoms with Crippen molar-refractivity contribution >= 4 is 27.8 Å². The number of carboxylic acids is 1. The highest BCUT2D eigenvalue weighted by atomic mass is 79.9. The van der Waals surface area contributed by atoms with E-state index in [9.17, 15) is 19.8 Å². The average molecular weight is 359 g/mol. The standard InChI is InChI=1S/C14H19BrN2O4/c1-8(2)6-11(18)13(19)17-10(14(20)21)7-9-4-3-5-16-12(9)15/h3-5,8,10-11,18H,6-7H2,1-2H3,(H,17,19)(H,20,21)/t10-,11-/m0/s1. The van der Waals surface area contributed by atoms with Gasteiger partial charge in [-0.25, -0.2) is 9.78 Å². The highest BCUT2D eigenvalue weighted by Gasteiger charge is 2.25. The topological polar surface area (TPSA) is 99.5 Å². The zero-order chi connectivity index (χ0) is 16.0. The maximum atomic E-state index is 11.8. The molecule has 3 N–H and O–H groups in total. The van der Waals surface area contributed by atoms with Gasteiger partial charge in [0.1, 0.15) is 16.7 Å². The van der Waals surface area contributed by atoms with Gasteiger partial charge in [-0.05, 0) is 39.9 Å². The first kappa shape index (κ1) is 17.6. The second kappa shape index (κ2) is 8.09. The first-order valence-electron chi connectivity index (χ1n) is 6.62. The molecular weight excluding hydrogens is 340 g/mol. The zero-order valence-corrected chi connectivity index (χ0v) is 13.5. The molecule has 0 bridgehead atoms. The highest BCUT2D eigenvalue weighted by Crippen LogP contribution is 2.15. The molecule has 0 aliphatic carbocycles. The van der Waals surface area contributed by atoms with Gasteiger partial charge in [-0.1, -0.05) is 19.9 Å². The summed E-state index contributed by atoms with van der Waals surface area (Å²) in [6.07, 6.45) is 0.747. The molecule has 0 unspecified atom stereocenters. The molecule has 1 amide bonds. The largest absolute Gasteiger partial charge is 0.480 e. The molecule has 0 saturated carbocycles. The van der Waals surface area contributed by atoms with Crippen molar-refractivity contribution < 1.29 is 19.8 Å². The second-order valence-corrected chi connectivity index (χ2v) is 5.95. The van der Waals surface area contributed by atoms with Crippen LogP contribution in [-0.4, -0.2) is 39.2 Å². The van der Waals surface area contributed by atoms with Gasteiger partial charge in [0.25, 0.3) is 0 Å². The summed E-state index contributed by atoms with van der Waals surface area (Å²) in [6.45, 7) is 3.75. The molecule has 6 nitrogen and oxygen atoms in total. The summed E-state index contributed by atoms with van der Waals surface area (Å²) in [6, 6.07) is 2.30. The lowest BCUT2D eigenvalue weighted by Crippen LogP contribution is -2.47. The van der Waals surface area contributed by atoms with E-state index in [2.05, 4.69) is 26.2 Å². The van der Waals surface area contributed by atoms with Crippen LogP contribution in [0.5, 0.6) is 0 Å². The van der Waals surface area contributed by atoms with Gasteiger partial charge in [0, 0.05) is 12.6 Å². The minimum atomic E-state index is -1.20. The Morgan fingerprint density at radius 1 is 1.43 bits per heavy atom. The lowest BCUT2D eigenvalue weighted by Gasteiger charge is -2.18. The number of nitrogens with zero attached hydrogens (tertiary/aromatic N) is 1. The molecule has 7 heteroatoms. The van der Waals surface area contributed by atoms with Gasteiger partial charge in [-0.3, -0.25) is 4.79 Å². The Hall–Kier alpha value is -1.47. The van der Waals surface area contributed by atoms with E-state index < -0.39 is 24.0 Å². The van der Waals surface area contributed by atoms with Gasteiger partial charge in [-0.2, -0.15) is 0 Å². The van der Waals surface area contributed by atoms with Crippen LogP contribution in [-0.2, 0) is 16.0 Å². The van der Waals surface area contributed by atoms with Crippen LogP contribution in [0.3, 0.4) is 0 Å². The SMILES string of the molecule is CC(C)C[C@H](O)C(=O)N[C@@H](Cc1cccnc1Br)C(=O)O. The van der Waals surface area contributed by atoms with Crippen molar-refractivity contribution in [2.45, 2.75) is 38.8 Å². The summed E-state index contributed by atoms with van der Waals surface area (Å²) in [5, 5.41) is 21.3. The predicted octanol–water partition coefficient (Wildman–Crippen LogP) is 1.36. The van der Waals surface area contributed by atoms with E-state index in [0.29, 0.717) is 10.2 Å². The van der Waals surface area contributed by atoms with Crippen molar-refractivity contribution in [1.29, 1.82) is 0 Å². The van der Waals surface area contributed by atoms with Gasteiger partial charge < -0.3 is 15.5 Å². The van der Waals surface area contributed by atoms with Crippen molar-refractivity contribution in [3.63, 3.8) is 0 Å². The molecule has 0 fully saturated rings. The number of rotatable bonds is 7. The van der Waals surface area contributed by atoms with Gasteiger partial charge >= 0.3 is 5.97 Å². The van der Waals surface area contributed by atoms with Crippen LogP contribution in [0.15, 0.2) is 22.9 Å². The third kappa shape index (κ3) is 5.81. The van der Waals surface area contributed by atoms with E-state index >= 15 is 0 Å². The summed E-state index contributed by atoms with van der Waals surface area (Å²) < 4.78 is 0.535. The van der Waals surface area contributed by atoms with E-state index in [-0.39, 0.29) is 18.8 Å². The molecule has 1 aromatic heterocycles. The predicted molar refractivity (Wildman–Crippen MR) is 80.7 cm³/mol. The second-order valence-electron chi connectivity index (χ2n) is 5.20. The number of carbonyl (C=O) groups is 2. The first-order chi connectivity index (χ1) is 9.81. The fraction of sp³-hybridized carbons (Fsp3) is 0.500. The van der Waals surface area contributed by atoms with Crippen LogP contribution in [0, 0.1) is 5.92 Å². The minimum Gasteiger partial charge on any atom is -0.480 e. The van der Waals surface area contributed by atoms with Crippen molar-refractivity contribution in [1.82, 2.24) is 10.3 Å². The number of aromatic nitrogens is 1. The summed E-state index contributed by atoms with van der Waals surface area (Å²) in [5.74, 6) is -1.69. The third-order valence-corrected chi connectivity index (χ3v) is 3.59. The Morgan fingerprint density at radius 3 is 2.62 bits per heavy atom. The maximum absolute atomic E-state index is 11.8. The fourth-order valence-corrected chi connectivity index (χ4v) is 2.23. The quantitative estimate of drug-likeness (QED) is 0.639. The molecule has 116 valence electrons. The Kier molecular flexibility index (Phi) is 6.77. The van der Waals surface area contributed by atoms with E-state index in [4.69, 9.17) is 0 Å². The summed E-state index contributed by atoms with van der Waals surface area (Å²) in [7, 11) is 0. The Morgan fingerprint density at radius 2 is 2.10 bits per heavy atom. The monoisotopic (exact) mass is 358 g/mol. The van der Waals surface area contributed by atoms with Gasteiger partial charge in [-0.15, -0.1) is 0 Å². The molecule has 0 aliphatic rings. The molecule has 2 atom stereocenters. The number of hydrogen-bond acceptors (Lipinski definition) is 4. The number of hydrogen-bond donors (Lipinski definition) is 3.